The normalized spacial score (nSPS) is 11.4. The lowest BCUT2D eigenvalue weighted by Crippen LogP contribution is -1.90. The third-order valence-corrected chi connectivity index (χ3v) is 1.64. The van der Waals surface area contributed by atoms with Crippen LogP contribution in [0, 0.1) is 5.39 Å². The Labute approximate surface area is 81.1 Å². The van der Waals surface area contributed by atoms with Crippen LogP contribution in [0.25, 0.3) is 10.7 Å². The van der Waals surface area contributed by atoms with Crippen molar-refractivity contribution >= 4 is 5.76 Å². The molecule has 0 heterocycles. The van der Waals surface area contributed by atoms with Gasteiger partial charge in [0.1, 0.15) is 0 Å². The molecule has 0 aliphatic heterocycles. The Kier molecular flexibility index (Phi) is 2.87. The summed E-state index contributed by atoms with van der Waals surface area (Å²) in [4.78, 5) is 2.74. The monoisotopic (exact) mass is 189 g/mol. The van der Waals surface area contributed by atoms with E-state index in [4.69, 9.17) is 10.5 Å². The van der Waals surface area contributed by atoms with E-state index in [-0.39, 0.29) is 11.5 Å². The SMILES string of the molecule is C=C(O)/C([N+]#N)=C(/O)c1ccccc1. The van der Waals surface area contributed by atoms with Crippen LogP contribution >= 0.6 is 0 Å². The van der Waals surface area contributed by atoms with Crippen molar-refractivity contribution in [3.8, 4) is 0 Å². The molecular weight excluding hydrogens is 180 g/mol. The van der Waals surface area contributed by atoms with Crippen LogP contribution in [0.3, 0.4) is 0 Å². The molecule has 2 N–H and O–H groups in total. The zero-order chi connectivity index (χ0) is 10.6. The molecule has 0 saturated heterocycles. The van der Waals surface area contributed by atoms with Crippen molar-refractivity contribution in [1.82, 2.24) is 0 Å². The Balaban J connectivity index is 3.23. The van der Waals surface area contributed by atoms with Gasteiger partial charge in [-0.25, -0.2) is 0 Å². The van der Waals surface area contributed by atoms with Crippen LogP contribution < -0.4 is 0 Å². The van der Waals surface area contributed by atoms with Crippen LogP contribution in [0.15, 0.2) is 48.4 Å². The number of benzene rings is 1. The second-order valence-electron chi connectivity index (χ2n) is 2.61. The minimum atomic E-state index is -0.492. The predicted molar refractivity (Wildman–Crippen MR) is 52.8 cm³/mol. The van der Waals surface area contributed by atoms with Gasteiger partial charge in [-0.1, -0.05) is 30.3 Å². The summed E-state index contributed by atoms with van der Waals surface area (Å²) in [7, 11) is 0. The van der Waals surface area contributed by atoms with E-state index in [1.54, 1.807) is 30.3 Å². The topological polar surface area (TPSA) is 68.6 Å². The number of aliphatic hydroxyl groups is 2. The molecule has 1 aromatic rings. The average molecular weight is 189 g/mol. The average Bonchev–Trinajstić information content (AvgIpc) is 2.19. The van der Waals surface area contributed by atoms with Crippen molar-refractivity contribution in [1.29, 1.82) is 5.39 Å². The predicted octanol–water partition coefficient (Wildman–Crippen LogP) is 2.84. The third-order valence-electron chi connectivity index (χ3n) is 1.64. The molecule has 4 heteroatoms. The van der Waals surface area contributed by atoms with Gasteiger partial charge in [0.15, 0.2) is 4.98 Å². The van der Waals surface area contributed by atoms with E-state index in [2.05, 4.69) is 11.6 Å². The molecule has 1 aromatic carbocycles. The first-order chi connectivity index (χ1) is 6.66. The lowest BCUT2D eigenvalue weighted by Gasteiger charge is -1.95. The zero-order valence-electron chi connectivity index (χ0n) is 7.38. The van der Waals surface area contributed by atoms with Crippen molar-refractivity contribution in [3.63, 3.8) is 0 Å². The smallest absolute Gasteiger partial charge is 0.466 e. The van der Waals surface area contributed by atoms with E-state index in [1.807, 2.05) is 0 Å². The summed E-state index contributed by atoms with van der Waals surface area (Å²) in [6.07, 6.45) is 0. The highest BCUT2D eigenvalue weighted by Gasteiger charge is 2.23. The molecular formula is C10H9N2O2+. The quantitative estimate of drug-likeness (QED) is 0.427. The summed E-state index contributed by atoms with van der Waals surface area (Å²) in [6, 6.07) is 8.43. The van der Waals surface area contributed by atoms with E-state index >= 15 is 0 Å². The summed E-state index contributed by atoms with van der Waals surface area (Å²) in [5.74, 6) is -0.811. The molecule has 0 aliphatic carbocycles. The summed E-state index contributed by atoms with van der Waals surface area (Å²) in [6.45, 7) is 3.16. The first-order valence-electron chi connectivity index (χ1n) is 3.89. The summed E-state index contributed by atoms with van der Waals surface area (Å²) in [5, 5.41) is 27.0. The minimum absolute atomic E-state index is 0.319. The fourth-order valence-corrected chi connectivity index (χ4v) is 0.974. The Morgan fingerprint density at radius 2 is 1.79 bits per heavy atom. The van der Waals surface area contributed by atoms with E-state index in [1.165, 1.54) is 0 Å². The molecule has 0 atom stereocenters. The molecule has 0 saturated carbocycles. The highest BCUT2D eigenvalue weighted by Crippen LogP contribution is 2.20. The third kappa shape index (κ3) is 1.90. The van der Waals surface area contributed by atoms with E-state index in [0.29, 0.717) is 5.56 Å². The zero-order valence-corrected chi connectivity index (χ0v) is 7.38. The van der Waals surface area contributed by atoms with Crippen molar-refractivity contribution in [2.45, 2.75) is 0 Å². The Hall–Kier alpha value is -2.28. The van der Waals surface area contributed by atoms with Gasteiger partial charge in [-0.3, -0.25) is 0 Å². The van der Waals surface area contributed by atoms with Crippen molar-refractivity contribution in [2.75, 3.05) is 0 Å². The van der Waals surface area contributed by atoms with Gasteiger partial charge in [0.05, 0.1) is 0 Å². The first kappa shape index (κ1) is 9.81. The molecule has 0 aliphatic rings. The maximum atomic E-state index is 9.56. The van der Waals surface area contributed by atoms with Crippen LogP contribution in [0.5, 0.6) is 0 Å². The fraction of sp³-hybridized carbons (Fsp3) is 0. The van der Waals surface area contributed by atoms with Gasteiger partial charge in [-0.2, -0.15) is 0 Å². The molecule has 14 heavy (non-hydrogen) atoms. The molecule has 0 fully saturated rings. The molecule has 0 bridgehead atoms. The lowest BCUT2D eigenvalue weighted by atomic mass is 10.1. The van der Waals surface area contributed by atoms with E-state index in [0.717, 1.165) is 0 Å². The lowest BCUT2D eigenvalue weighted by molar-refractivity contribution is 0.422. The first-order valence-corrected chi connectivity index (χ1v) is 3.89. The van der Waals surface area contributed by atoms with Crippen molar-refractivity contribution < 1.29 is 10.2 Å². The molecule has 4 nitrogen and oxygen atoms in total. The second kappa shape index (κ2) is 4.10. The highest BCUT2D eigenvalue weighted by atomic mass is 16.3. The number of hydrogen-bond acceptors (Lipinski definition) is 3. The largest absolute Gasteiger partial charge is 0.502 e. The fourth-order valence-electron chi connectivity index (χ4n) is 0.974. The Morgan fingerprint density at radius 3 is 2.21 bits per heavy atom. The minimum Gasteiger partial charge on any atom is -0.502 e. The summed E-state index contributed by atoms with van der Waals surface area (Å²) < 4.78 is 0. The van der Waals surface area contributed by atoms with Crippen molar-refractivity contribution in [2.24, 2.45) is 0 Å². The number of nitrogens with zero attached hydrogens (tertiary/aromatic N) is 2. The number of diazo groups is 1. The van der Waals surface area contributed by atoms with E-state index < -0.39 is 5.76 Å². The van der Waals surface area contributed by atoms with Crippen LogP contribution in [-0.2, 0) is 0 Å². The number of hydrogen-bond donors (Lipinski definition) is 2. The highest BCUT2D eigenvalue weighted by molar-refractivity contribution is 5.66. The standard InChI is InChI=1S/C10H8N2O2/c1-7(13)9(12-11)10(14)8-5-3-2-4-6-8/h2-6H,1H2,(H-,13,14)/p+1/b10-9-. The summed E-state index contributed by atoms with van der Waals surface area (Å²) in [5.41, 5.74) is 0.103. The molecule has 0 amide bonds. The van der Waals surface area contributed by atoms with Crippen LogP contribution in [0.1, 0.15) is 5.56 Å². The number of rotatable bonds is 2. The maximum Gasteiger partial charge on any atom is 0.466 e. The van der Waals surface area contributed by atoms with Gasteiger partial charge in [0.2, 0.25) is 16.9 Å². The molecule has 70 valence electrons. The molecule has 0 aromatic heterocycles. The van der Waals surface area contributed by atoms with Gasteiger partial charge in [-0.15, -0.1) is 0 Å². The summed E-state index contributed by atoms with van der Waals surface area (Å²) >= 11 is 0. The molecule has 0 spiro atoms. The van der Waals surface area contributed by atoms with Crippen LogP contribution in [-0.4, -0.2) is 10.2 Å². The Bertz CT molecular complexity index is 415. The second-order valence-corrected chi connectivity index (χ2v) is 2.61. The van der Waals surface area contributed by atoms with Gasteiger partial charge in [-0.05, 0) is 6.58 Å². The molecule has 0 unspecified atom stereocenters. The Morgan fingerprint density at radius 1 is 1.21 bits per heavy atom. The molecule has 0 radical (unpaired) electrons. The van der Waals surface area contributed by atoms with Gasteiger partial charge in [0.25, 0.3) is 0 Å². The number of aliphatic hydroxyl groups excluding tert-OH is 2. The van der Waals surface area contributed by atoms with Crippen LogP contribution in [0.4, 0.5) is 0 Å². The molecule has 1 rings (SSSR count). The van der Waals surface area contributed by atoms with Gasteiger partial charge >= 0.3 is 5.70 Å². The van der Waals surface area contributed by atoms with Gasteiger partial charge < -0.3 is 10.2 Å². The van der Waals surface area contributed by atoms with Crippen LogP contribution in [0.2, 0.25) is 0 Å². The van der Waals surface area contributed by atoms with E-state index in [9.17, 15) is 5.11 Å². The maximum absolute atomic E-state index is 9.56. The van der Waals surface area contributed by atoms with Gasteiger partial charge in [0, 0.05) is 5.56 Å². The van der Waals surface area contributed by atoms with Crippen molar-refractivity contribution in [3.05, 3.63) is 58.9 Å².